The molecule has 32 heavy (non-hydrogen) atoms. The van der Waals surface area contributed by atoms with Crippen LogP contribution in [0.2, 0.25) is 5.02 Å². The fraction of sp³-hybridized carbons (Fsp3) is 0.364. The topological polar surface area (TPSA) is 88.4 Å². The van der Waals surface area contributed by atoms with Crippen molar-refractivity contribution in [1.82, 2.24) is 25.1 Å². The second-order valence-electron chi connectivity index (χ2n) is 7.63. The average molecular weight is 456 g/mol. The molecule has 1 aromatic heterocycles. The molecular weight excluding hydrogens is 430 g/mol. The van der Waals surface area contributed by atoms with Gasteiger partial charge in [0.1, 0.15) is 12.1 Å². The number of tetrazole rings is 1. The molecule has 1 aliphatic heterocycles. The molecule has 1 amide bonds. The van der Waals surface area contributed by atoms with Gasteiger partial charge in [0, 0.05) is 43.6 Å². The molecule has 0 radical (unpaired) electrons. The Hall–Kier alpha value is -3.17. The number of aromatic nitrogens is 4. The predicted octanol–water partition coefficient (Wildman–Crippen LogP) is 3.03. The number of halogens is 1. The van der Waals surface area contributed by atoms with E-state index >= 15 is 0 Å². The first kappa shape index (κ1) is 22.0. The van der Waals surface area contributed by atoms with Crippen LogP contribution in [0.1, 0.15) is 22.8 Å². The first-order chi connectivity index (χ1) is 15.5. The van der Waals surface area contributed by atoms with Crippen molar-refractivity contribution in [1.29, 1.82) is 0 Å². The Balaban J connectivity index is 1.52. The van der Waals surface area contributed by atoms with Crippen LogP contribution in [0.15, 0.2) is 36.7 Å². The van der Waals surface area contributed by atoms with Crippen molar-refractivity contribution in [3.05, 3.63) is 52.8 Å². The summed E-state index contributed by atoms with van der Waals surface area (Å²) in [5.74, 6) is 0.0693. The summed E-state index contributed by atoms with van der Waals surface area (Å²) in [7, 11) is 1.50. The second kappa shape index (κ2) is 9.54. The van der Waals surface area contributed by atoms with Crippen LogP contribution in [-0.4, -0.2) is 70.8 Å². The van der Waals surface area contributed by atoms with Crippen LogP contribution in [0.5, 0.6) is 5.75 Å². The lowest BCUT2D eigenvalue weighted by Gasteiger charge is -2.35. The number of nitrogens with one attached hydrogen (secondary N) is 1. The van der Waals surface area contributed by atoms with E-state index in [1.807, 2.05) is 13.0 Å². The Morgan fingerprint density at radius 2 is 1.97 bits per heavy atom. The van der Waals surface area contributed by atoms with E-state index in [4.69, 9.17) is 16.3 Å². The zero-order chi connectivity index (χ0) is 22.7. The molecule has 0 saturated carbocycles. The third kappa shape index (κ3) is 4.53. The summed E-state index contributed by atoms with van der Waals surface area (Å²) in [6.07, 6.45) is 1.42. The summed E-state index contributed by atoms with van der Waals surface area (Å²) in [4.78, 5) is 17.9. The maximum absolute atomic E-state index is 13.0. The molecule has 1 fully saturated rings. The molecule has 0 atom stereocenters. The van der Waals surface area contributed by atoms with E-state index < -0.39 is 0 Å². The van der Waals surface area contributed by atoms with Gasteiger partial charge < -0.3 is 19.9 Å². The van der Waals surface area contributed by atoms with Gasteiger partial charge >= 0.3 is 0 Å². The summed E-state index contributed by atoms with van der Waals surface area (Å²) in [5, 5.41) is 14.4. The number of carbonyl (C=O) groups is 1. The van der Waals surface area contributed by atoms with Crippen LogP contribution < -0.4 is 15.0 Å². The van der Waals surface area contributed by atoms with E-state index in [9.17, 15) is 4.79 Å². The van der Waals surface area contributed by atoms with Crippen LogP contribution >= 0.6 is 11.6 Å². The minimum absolute atomic E-state index is 0.306. The van der Waals surface area contributed by atoms with Crippen molar-refractivity contribution < 1.29 is 9.53 Å². The number of likely N-dealkylation sites (N-methyl/N-ethyl adjacent to an activating group) is 1. The lowest BCUT2D eigenvalue weighted by Crippen LogP contribution is -2.46. The normalized spacial score (nSPS) is 14.4. The molecule has 4 rings (SSSR count). The van der Waals surface area contributed by atoms with E-state index in [0.29, 0.717) is 22.0 Å². The molecule has 2 heterocycles. The molecule has 0 unspecified atom stereocenters. The fourth-order valence-corrected chi connectivity index (χ4v) is 4.08. The van der Waals surface area contributed by atoms with Crippen molar-refractivity contribution >= 4 is 28.9 Å². The molecule has 1 N–H and O–H groups in total. The Morgan fingerprint density at radius 1 is 1.19 bits per heavy atom. The van der Waals surface area contributed by atoms with Crippen LogP contribution in [0, 0.1) is 6.92 Å². The number of carbonyl (C=O) groups excluding carboxylic acids is 1. The molecule has 3 aromatic rings. The fourth-order valence-electron chi connectivity index (χ4n) is 3.83. The third-order valence-corrected chi connectivity index (χ3v) is 6.05. The van der Waals surface area contributed by atoms with E-state index in [2.05, 4.69) is 49.7 Å². The van der Waals surface area contributed by atoms with E-state index in [-0.39, 0.29) is 5.91 Å². The van der Waals surface area contributed by atoms with Gasteiger partial charge in [0.2, 0.25) is 0 Å². The van der Waals surface area contributed by atoms with Crippen LogP contribution in [0.4, 0.5) is 11.4 Å². The van der Waals surface area contributed by atoms with Gasteiger partial charge in [-0.15, -0.1) is 5.10 Å². The van der Waals surface area contributed by atoms with Crippen molar-refractivity contribution in [3.63, 3.8) is 0 Å². The van der Waals surface area contributed by atoms with Gasteiger partial charge in [0.05, 0.1) is 23.4 Å². The Labute approximate surface area is 191 Å². The van der Waals surface area contributed by atoms with Gasteiger partial charge in [-0.2, -0.15) is 4.68 Å². The number of methoxy groups -OCH3 is 1. The summed E-state index contributed by atoms with van der Waals surface area (Å²) < 4.78 is 6.84. The maximum atomic E-state index is 13.0. The SMILES string of the molecule is CCN1CCN(c2ccc(NC(=O)c3cc(Cl)c(-n4cnnn4)cc3OC)c(C)c2)CC1. The smallest absolute Gasteiger partial charge is 0.259 e. The predicted molar refractivity (Wildman–Crippen MR) is 124 cm³/mol. The summed E-state index contributed by atoms with van der Waals surface area (Å²) >= 11 is 6.39. The van der Waals surface area contributed by atoms with E-state index in [1.165, 1.54) is 23.8 Å². The molecule has 1 aliphatic rings. The number of aryl methyl sites for hydroxylation is 1. The molecule has 1 saturated heterocycles. The molecule has 9 nitrogen and oxygen atoms in total. The standard InChI is InChI=1S/C22H26ClN7O2/c1-4-28-7-9-29(10-8-28)16-5-6-19(15(2)11-16)25-22(31)17-12-18(23)20(13-21(17)32-3)30-14-24-26-27-30/h5-6,11-14H,4,7-10H2,1-3H3,(H,25,31). The van der Waals surface area contributed by atoms with Crippen molar-refractivity contribution in [2.75, 3.05) is 50.1 Å². The number of amides is 1. The lowest BCUT2D eigenvalue weighted by molar-refractivity contribution is 0.102. The summed E-state index contributed by atoms with van der Waals surface area (Å²) in [6.45, 7) is 9.41. The number of piperazine rings is 1. The monoisotopic (exact) mass is 455 g/mol. The average Bonchev–Trinajstić information content (AvgIpc) is 3.35. The summed E-state index contributed by atoms with van der Waals surface area (Å²) in [5.41, 5.74) is 3.75. The molecule has 0 aliphatic carbocycles. The molecular formula is C22H26ClN7O2. The maximum Gasteiger partial charge on any atom is 0.259 e. The van der Waals surface area contributed by atoms with Gasteiger partial charge in [0.15, 0.2) is 0 Å². The first-order valence-electron chi connectivity index (χ1n) is 10.5. The van der Waals surface area contributed by atoms with E-state index in [1.54, 1.807) is 12.1 Å². The van der Waals surface area contributed by atoms with Crippen molar-refractivity contribution in [3.8, 4) is 11.4 Å². The zero-order valence-electron chi connectivity index (χ0n) is 18.4. The molecule has 0 bridgehead atoms. The highest BCUT2D eigenvalue weighted by Crippen LogP contribution is 2.31. The Morgan fingerprint density at radius 3 is 2.59 bits per heavy atom. The number of hydrogen-bond acceptors (Lipinski definition) is 7. The number of benzene rings is 2. The van der Waals surface area contributed by atoms with Gasteiger partial charge in [0.25, 0.3) is 5.91 Å². The number of anilines is 2. The zero-order valence-corrected chi connectivity index (χ0v) is 19.1. The highest BCUT2D eigenvalue weighted by Gasteiger charge is 2.20. The van der Waals surface area contributed by atoms with Crippen LogP contribution in [0.3, 0.4) is 0 Å². The molecule has 0 spiro atoms. The molecule has 168 valence electrons. The number of hydrogen-bond donors (Lipinski definition) is 1. The number of ether oxygens (including phenoxy) is 1. The third-order valence-electron chi connectivity index (χ3n) is 5.75. The van der Waals surface area contributed by atoms with Crippen molar-refractivity contribution in [2.45, 2.75) is 13.8 Å². The minimum Gasteiger partial charge on any atom is -0.496 e. The Bertz CT molecular complexity index is 1100. The van der Waals surface area contributed by atoms with E-state index in [0.717, 1.165) is 44.0 Å². The van der Waals surface area contributed by atoms with Crippen LogP contribution in [0.25, 0.3) is 5.69 Å². The number of nitrogens with zero attached hydrogens (tertiary/aromatic N) is 6. The van der Waals surface area contributed by atoms with Gasteiger partial charge in [-0.25, -0.2) is 0 Å². The van der Waals surface area contributed by atoms with Crippen molar-refractivity contribution in [2.24, 2.45) is 0 Å². The molecule has 2 aromatic carbocycles. The largest absolute Gasteiger partial charge is 0.496 e. The van der Waals surface area contributed by atoms with Gasteiger partial charge in [-0.05, 0) is 53.7 Å². The molecule has 10 heteroatoms. The highest BCUT2D eigenvalue weighted by molar-refractivity contribution is 6.33. The number of rotatable bonds is 6. The lowest BCUT2D eigenvalue weighted by atomic mass is 10.1. The van der Waals surface area contributed by atoms with Gasteiger partial charge in [-0.1, -0.05) is 18.5 Å². The minimum atomic E-state index is -0.306. The first-order valence-corrected chi connectivity index (χ1v) is 10.9. The van der Waals surface area contributed by atoms with Gasteiger partial charge in [-0.3, -0.25) is 4.79 Å². The Kier molecular flexibility index (Phi) is 6.57. The summed E-state index contributed by atoms with van der Waals surface area (Å²) in [6, 6.07) is 9.30. The van der Waals surface area contributed by atoms with Crippen LogP contribution in [-0.2, 0) is 0 Å². The second-order valence-corrected chi connectivity index (χ2v) is 8.04. The quantitative estimate of drug-likeness (QED) is 0.611. The highest BCUT2D eigenvalue weighted by atomic mass is 35.5.